The van der Waals surface area contributed by atoms with Crippen molar-refractivity contribution in [2.45, 2.75) is 0 Å². The van der Waals surface area contributed by atoms with Gasteiger partial charge in [0, 0.05) is 19.4 Å². The summed E-state index contributed by atoms with van der Waals surface area (Å²) in [6.45, 7) is 0. The van der Waals surface area contributed by atoms with Crippen molar-refractivity contribution in [2.24, 2.45) is 4.99 Å². The van der Waals surface area contributed by atoms with Gasteiger partial charge in [0.2, 0.25) is 0 Å². The zero-order valence-corrected chi connectivity index (χ0v) is 4.05. The molecule has 0 aliphatic carbocycles. The minimum atomic E-state index is 1.64. The van der Waals surface area contributed by atoms with E-state index in [2.05, 4.69) is 16.8 Å². The van der Waals surface area contributed by atoms with Gasteiger partial charge in [0.05, 0.1) is 0 Å². The van der Waals surface area contributed by atoms with Crippen LogP contribution in [-0.2, 0) is 0 Å². The lowest BCUT2D eigenvalue weighted by molar-refractivity contribution is 0.440. The number of nitrogens with zero attached hydrogens (tertiary/aromatic N) is 2. The van der Waals surface area contributed by atoms with E-state index < -0.39 is 0 Å². The van der Waals surface area contributed by atoms with Crippen LogP contribution < -0.4 is 5.43 Å². The van der Waals surface area contributed by atoms with Crippen molar-refractivity contribution in [2.75, 3.05) is 7.05 Å². The number of rotatable bonds is 0. The van der Waals surface area contributed by atoms with E-state index in [1.54, 1.807) is 17.4 Å². The van der Waals surface area contributed by atoms with Crippen molar-refractivity contribution in [3.63, 3.8) is 0 Å². The van der Waals surface area contributed by atoms with Crippen LogP contribution in [0.5, 0.6) is 0 Å². The summed E-state index contributed by atoms with van der Waals surface area (Å²) >= 11 is 0. The molecule has 37 valence electrons. The standard InChI is InChI=1S/C4H6N3/c1-7-4-5-2-3-6-7/h2-3,6H,1H3. The van der Waals surface area contributed by atoms with Gasteiger partial charge in [0.25, 0.3) is 0 Å². The van der Waals surface area contributed by atoms with Crippen molar-refractivity contribution in [3.05, 3.63) is 12.4 Å². The molecule has 1 N–H and O–H groups in total. The number of hydrazine groups is 1. The van der Waals surface area contributed by atoms with Crippen LogP contribution in [0.4, 0.5) is 0 Å². The number of hydrogen-bond donors (Lipinski definition) is 1. The van der Waals surface area contributed by atoms with Crippen LogP contribution in [0, 0.1) is 0 Å². The molecule has 0 fully saturated rings. The van der Waals surface area contributed by atoms with Gasteiger partial charge in [-0.15, -0.1) is 0 Å². The maximum Gasteiger partial charge on any atom is 0.192 e. The van der Waals surface area contributed by atoms with Crippen molar-refractivity contribution < 1.29 is 0 Å². The Labute approximate surface area is 42.3 Å². The molecular weight excluding hydrogens is 90.1 g/mol. The van der Waals surface area contributed by atoms with E-state index in [4.69, 9.17) is 0 Å². The summed E-state index contributed by atoms with van der Waals surface area (Å²) in [5.74, 6) is 0. The highest BCUT2D eigenvalue weighted by Gasteiger charge is 1.86. The molecule has 1 heterocycles. The normalized spacial score (nSPS) is 17.0. The lowest BCUT2D eigenvalue weighted by atomic mass is 10.8. The molecule has 1 aliphatic heterocycles. The van der Waals surface area contributed by atoms with E-state index in [1.807, 2.05) is 7.05 Å². The van der Waals surface area contributed by atoms with Gasteiger partial charge in [-0.2, -0.15) is 0 Å². The average molecular weight is 96.1 g/mol. The Morgan fingerprint density at radius 2 is 2.71 bits per heavy atom. The molecule has 3 nitrogen and oxygen atoms in total. The van der Waals surface area contributed by atoms with Gasteiger partial charge in [-0.05, 0) is 0 Å². The molecule has 0 atom stereocenters. The first kappa shape index (κ1) is 4.18. The molecule has 0 saturated carbocycles. The first-order chi connectivity index (χ1) is 3.39. The lowest BCUT2D eigenvalue weighted by Gasteiger charge is -2.11. The van der Waals surface area contributed by atoms with Gasteiger partial charge in [0.15, 0.2) is 6.34 Å². The number of nitrogens with one attached hydrogen (secondary N) is 1. The van der Waals surface area contributed by atoms with Gasteiger partial charge < -0.3 is 5.43 Å². The Morgan fingerprint density at radius 1 is 1.86 bits per heavy atom. The summed E-state index contributed by atoms with van der Waals surface area (Å²) in [5.41, 5.74) is 2.83. The third-order valence-electron chi connectivity index (χ3n) is 0.625. The molecule has 0 amide bonds. The van der Waals surface area contributed by atoms with Gasteiger partial charge in [0.1, 0.15) is 0 Å². The molecule has 0 aromatic heterocycles. The van der Waals surface area contributed by atoms with E-state index in [1.165, 1.54) is 0 Å². The topological polar surface area (TPSA) is 27.6 Å². The third-order valence-corrected chi connectivity index (χ3v) is 0.625. The van der Waals surface area contributed by atoms with E-state index >= 15 is 0 Å². The SMILES string of the molecule is CN1[C]=NC=CN1. The Balaban J connectivity index is 2.49. The summed E-state index contributed by atoms with van der Waals surface area (Å²) in [6.07, 6.45) is 6.01. The zero-order valence-electron chi connectivity index (χ0n) is 4.05. The van der Waals surface area contributed by atoms with Crippen molar-refractivity contribution in [1.82, 2.24) is 10.4 Å². The summed E-state index contributed by atoms with van der Waals surface area (Å²) in [5, 5.41) is 1.64. The molecule has 0 saturated heterocycles. The third kappa shape index (κ3) is 0.924. The van der Waals surface area contributed by atoms with Crippen LogP contribution in [0.25, 0.3) is 0 Å². The maximum absolute atomic E-state index is 3.69. The summed E-state index contributed by atoms with van der Waals surface area (Å²) in [7, 11) is 1.83. The minimum Gasteiger partial charge on any atom is -0.303 e. The van der Waals surface area contributed by atoms with Gasteiger partial charge in [-0.1, -0.05) is 0 Å². The highest BCUT2D eigenvalue weighted by Crippen LogP contribution is 1.78. The fourth-order valence-electron chi connectivity index (χ4n) is 0.331. The van der Waals surface area contributed by atoms with E-state index in [-0.39, 0.29) is 0 Å². The van der Waals surface area contributed by atoms with E-state index in [9.17, 15) is 0 Å². The molecule has 0 bridgehead atoms. The van der Waals surface area contributed by atoms with Gasteiger partial charge in [-0.25, -0.2) is 4.99 Å². The van der Waals surface area contributed by atoms with Crippen LogP contribution in [0.3, 0.4) is 0 Å². The fraction of sp³-hybridized carbons (Fsp3) is 0.250. The van der Waals surface area contributed by atoms with E-state index in [0.717, 1.165) is 0 Å². The Hall–Kier alpha value is -0.990. The Kier molecular flexibility index (Phi) is 0.978. The second-order valence-corrected chi connectivity index (χ2v) is 1.23. The largest absolute Gasteiger partial charge is 0.303 e. The van der Waals surface area contributed by atoms with Gasteiger partial charge >= 0.3 is 0 Å². The Bertz CT molecular complexity index is 106. The quantitative estimate of drug-likeness (QED) is 0.452. The molecule has 0 aromatic carbocycles. The predicted octanol–water partition coefficient (Wildman–Crippen LogP) is -0.187. The molecule has 0 aromatic rings. The average Bonchev–Trinajstić information content (AvgIpc) is 1.69. The molecule has 0 spiro atoms. The van der Waals surface area contributed by atoms with E-state index in [0.29, 0.717) is 0 Å². The highest BCUT2D eigenvalue weighted by molar-refractivity contribution is 5.55. The zero-order chi connectivity index (χ0) is 5.11. The molecule has 1 aliphatic rings. The first-order valence-corrected chi connectivity index (χ1v) is 2.00. The van der Waals surface area contributed by atoms with Crippen molar-refractivity contribution >= 4 is 6.34 Å². The van der Waals surface area contributed by atoms with Crippen LogP contribution in [-0.4, -0.2) is 18.4 Å². The van der Waals surface area contributed by atoms with Crippen LogP contribution in [0.2, 0.25) is 0 Å². The molecule has 0 unspecified atom stereocenters. The molecule has 1 radical (unpaired) electrons. The van der Waals surface area contributed by atoms with Crippen molar-refractivity contribution in [3.8, 4) is 0 Å². The molecule has 1 rings (SSSR count). The van der Waals surface area contributed by atoms with Crippen molar-refractivity contribution in [1.29, 1.82) is 0 Å². The second kappa shape index (κ2) is 1.64. The maximum atomic E-state index is 3.69. The lowest BCUT2D eigenvalue weighted by Crippen LogP contribution is -2.29. The summed E-state index contributed by atoms with van der Waals surface area (Å²) in [6, 6.07) is 0. The van der Waals surface area contributed by atoms with Crippen LogP contribution >= 0.6 is 0 Å². The summed E-state index contributed by atoms with van der Waals surface area (Å²) in [4.78, 5) is 3.69. The molecule has 3 heteroatoms. The predicted molar refractivity (Wildman–Crippen MR) is 27.5 cm³/mol. The monoisotopic (exact) mass is 96.1 g/mol. The molecular formula is C4H6N3. The minimum absolute atomic E-state index is 1.64. The summed E-state index contributed by atoms with van der Waals surface area (Å²) < 4.78 is 0. The first-order valence-electron chi connectivity index (χ1n) is 2.00. The number of aliphatic imine (C=N–C) groups is 1. The van der Waals surface area contributed by atoms with Crippen LogP contribution in [0.1, 0.15) is 0 Å². The molecule has 7 heavy (non-hydrogen) atoms. The second-order valence-electron chi connectivity index (χ2n) is 1.23. The smallest absolute Gasteiger partial charge is 0.192 e. The van der Waals surface area contributed by atoms with Crippen LogP contribution in [0.15, 0.2) is 17.4 Å². The Morgan fingerprint density at radius 3 is 3.00 bits per heavy atom. The fourth-order valence-corrected chi connectivity index (χ4v) is 0.331. The van der Waals surface area contributed by atoms with Gasteiger partial charge in [-0.3, -0.25) is 5.01 Å². The highest BCUT2D eigenvalue weighted by atomic mass is 15.5. The number of hydrogen-bond acceptors (Lipinski definition) is 3.